The molecule has 0 atom stereocenters. The van der Waals surface area contributed by atoms with Crippen molar-refractivity contribution >= 4 is 5.96 Å². The van der Waals surface area contributed by atoms with Gasteiger partial charge < -0.3 is 24.8 Å². The Kier molecular flexibility index (Phi) is 8.55. The highest BCUT2D eigenvalue weighted by atomic mass is 16.5. The quantitative estimate of drug-likeness (QED) is 0.389. The highest BCUT2D eigenvalue weighted by Crippen LogP contribution is 2.12. The smallest absolute Gasteiger partial charge is 0.191 e. The van der Waals surface area contributed by atoms with E-state index in [1.54, 1.807) is 7.05 Å². The van der Waals surface area contributed by atoms with Crippen LogP contribution in [0.25, 0.3) is 0 Å². The minimum Gasteiger partial charge on any atom is -0.494 e. The van der Waals surface area contributed by atoms with Crippen molar-refractivity contribution in [3.8, 4) is 5.75 Å². The fourth-order valence-electron chi connectivity index (χ4n) is 2.50. The van der Waals surface area contributed by atoms with Crippen LogP contribution in [-0.4, -0.2) is 56.3 Å². The molecule has 0 bridgehead atoms. The van der Waals surface area contributed by atoms with Crippen LogP contribution < -0.4 is 15.4 Å². The van der Waals surface area contributed by atoms with Gasteiger partial charge in [-0.05, 0) is 50.3 Å². The van der Waals surface area contributed by atoms with Crippen molar-refractivity contribution in [2.75, 3.05) is 40.8 Å². The SMILES string of the molecule is CN=C(NCCn1cccc1)NCc1ccc(OCCCN(C)C)cc1. The topological polar surface area (TPSA) is 53.8 Å². The molecule has 6 nitrogen and oxygen atoms in total. The molecule has 26 heavy (non-hydrogen) atoms. The van der Waals surface area contributed by atoms with Crippen LogP contribution in [0.2, 0.25) is 0 Å². The highest BCUT2D eigenvalue weighted by molar-refractivity contribution is 5.79. The molecule has 0 saturated carbocycles. The fourth-order valence-corrected chi connectivity index (χ4v) is 2.50. The van der Waals surface area contributed by atoms with E-state index in [0.29, 0.717) is 0 Å². The Morgan fingerprint density at radius 1 is 1.12 bits per heavy atom. The van der Waals surface area contributed by atoms with Gasteiger partial charge in [0.15, 0.2) is 5.96 Å². The second-order valence-electron chi connectivity index (χ2n) is 6.42. The molecule has 0 fully saturated rings. The lowest BCUT2D eigenvalue weighted by Gasteiger charge is -2.13. The summed E-state index contributed by atoms with van der Waals surface area (Å²) in [5.74, 6) is 1.72. The minimum atomic E-state index is 0.726. The number of guanidine groups is 1. The summed E-state index contributed by atoms with van der Waals surface area (Å²) in [6.45, 7) is 4.25. The summed E-state index contributed by atoms with van der Waals surface area (Å²) in [5.41, 5.74) is 1.19. The Hall–Kier alpha value is -2.47. The predicted molar refractivity (Wildman–Crippen MR) is 108 cm³/mol. The molecular formula is C20H31N5O. The molecule has 0 spiro atoms. The monoisotopic (exact) mass is 357 g/mol. The molecule has 142 valence electrons. The molecular weight excluding hydrogens is 326 g/mol. The summed E-state index contributed by atoms with van der Waals surface area (Å²) in [6, 6.07) is 12.3. The van der Waals surface area contributed by atoms with E-state index in [4.69, 9.17) is 4.74 Å². The molecule has 0 saturated heterocycles. The lowest BCUT2D eigenvalue weighted by atomic mass is 10.2. The number of nitrogens with zero attached hydrogens (tertiary/aromatic N) is 3. The van der Waals surface area contributed by atoms with Crippen LogP contribution >= 0.6 is 0 Å². The number of benzene rings is 1. The molecule has 0 amide bonds. The van der Waals surface area contributed by atoms with Gasteiger partial charge in [-0.3, -0.25) is 4.99 Å². The summed E-state index contributed by atoms with van der Waals surface area (Å²) in [4.78, 5) is 6.42. The van der Waals surface area contributed by atoms with Crippen LogP contribution in [0.15, 0.2) is 53.8 Å². The summed E-state index contributed by atoms with van der Waals surface area (Å²) in [5, 5.41) is 6.66. The molecule has 1 heterocycles. The Balaban J connectivity index is 1.67. The van der Waals surface area contributed by atoms with Gasteiger partial charge in [0, 0.05) is 45.6 Å². The van der Waals surface area contributed by atoms with Gasteiger partial charge in [0.1, 0.15) is 5.75 Å². The highest BCUT2D eigenvalue weighted by Gasteiger charge is 2.00. The van der Waals surface area contributed by atoms with Gasteiger partial charge in [-0.15, -0.1) is 0 Å². The minimum absolute atomic E-state index is 0.726. The van der Waals surface area contributed by atoms with Gasteiger partial charge in [0.05, 0.1) is 6.61 Å². The number of rotatable bonds is 10. The van der Waals surface area contributed by atoms with Crippen LogP contribution in [0.1, 0.15) is 12.0 Å². The summed E-state index contributed by atoms with van der Waals surface area (Å²) < 4.78 is 7.90. The van der Waals surface area contributed by atoms with Crippen LogP contribution in [0.3, 0.4) is 0 Å². The molecule has 2 rings (SSSR count). The van der Waals surface area contributed by atoms with Crippen molar-refractivity contribution in [1.82, 2.24) is 20.1 Å². The summed E-state index contributed by atoms with van der Waals surface area (Å²) in [7, 11) is 5.94. The van der Waals surface area contributed by atoms with E-state index in [-0.39, 0.29) is 0 Å². The maximum absolute atomic E-state index is 5.76. The van der Waals surface area contributed by atoms with Crippen molar-refractivity contribution in [3.63, 3.8) is 0 Å². The zero-order valence-electron chi connectivity index (χ0n) is 16.1. The molecule has 2 aromatic rings. The van der Waals surface area contributed by atoms with Gasteiger partial charge in [-0.1, -0.05) is 12.1 Å². The zero-order chi connectivity index (χ0) is 18.6. The zero-order valence-corrected chi connectivity index (χ0v) is 16.1. The average Bonchev–Trinajstić information content (AvgIpc) is 3.16. The van der Waals surface area contributed by atoms with Crippen LogP contribution in [0.4, 0.5) is 0 Å². The van der Waals surface area contributed by atoms with Gasteiger partial charge in [-0.25, -0.2) is 0 Å². The first-order valence-electron chi connectivity index (χ1n) is 9.09. The van der Waals surface area contributed by atoms with Gasteiger partial charge in [0.2, 0.25) is 0 Å². The van der Waals surface area contributed by atoms with Crippen LogP contribution in [0.5, 0.6) is 5.75 Å². The molecule has 0 aliphatic rings. The molecule has 0 aliphatic carbocycles. The maximum atomic E-state index is 5.76. The van der Waals surface area contributed by atoms with Crippen molar-refractivity contribution in [1.29, 1.82) is 0 Å². The summed E-state index contributed by atoms with van der Waals surface area (Å²) in [6.07, 6.45) is 5.14. The first kappa shape index (κ1) is 19.8. The first-order chi connectivity index (χ1) is 12.7. The second-order valence-corrected chi connectivity index (χ2v) is 6.42. The molecule has 1 aromatic heterocycles. The van der Waals surface area contributed by atoms with Gasteiger partial charge in [0.25, 0.3) is 0 Å². The first-order valence-corrected chi connectivity index (χ1v) is 9.09. The fraction of sp³-hybridized carbons (Fsp3) is 0.450. The van der Waals surface area contributed by atoms with Crippen LogP contribution in [-0.2, 0) is 13.1 Å². The van der Waals surface area contributed by atoms with E-state index < -0.39 is 0 Å². The standard InChI is InChI=1S/C20H31N5O/c1-21-20(22-11-15-25-13-4-5-14-25)23-17-18-7-9-19(10-8-18)26-16-6-12-24(2)3/h4-5,7-10,13-14H,6,11-12,15-17H2,1-3H3,(H2,21,22,23). The molecule has 0 aliphatic heterocycles. The number of aliphatic imine (C=N–C) groups is 1. The number of nitrogens with one attached hydrogen (secondary N) is 2. The largest absolute Gasteiger partial charge is 0.494 e. The van der Waals surface area contributed by atoms with Crippen molar-refractivity contribution in [2.45, 2.75) is 19.5 Å². The normalized spacial score (nSPS) is 11.6. The van der Waals surface area contributed by atoms with E-state index >= 15 is 0 Å². The third-order valence-electron chi connectivity index (χ3n) is 3.95. The molecule has 6 heteroatoms. The van der Waals surface area contributed by atoms with E-state index in [2.05, 4.69) is 63.7 Å². The van der Waals surface area contributed by atoms with E-state index in [9.17, 15) is 0 Å². The number of hydrogen-bond acceptors (Lipinski definition) is 3. The maximum Gasteiger partial charge on any atom is 0.191 e. The third kappa shape index (κ3) is 7.61. The molecule has 0 radical (unpaired) electrons. The van der Waals surface area contributed by atoms with Gasteiger partial charge in [-0.2, -0.15) is 0 Å². The lowest BCUT2D eigenvalue weighted by molar-refractivity contribution is 0.281. The molecule has 2 N–H and O–H groups in total. The number of ether oxygens (including phenoxy) is 1. The Morgan fingerprint density at radius 2 is 1.85 bits per heavy atom. The summed E-state index contributed by atoms with van der Waals surface area (Å²) >= 11 is 0. The van der Waals surface area contributed by atoms with E-state index in [0.717, 1.165) is 50.9 Å². The van der Waals surface area contributed by atoms with Gasteiger partial charge >= 0.3 is 0 Å². The van der Waals surface area contributed by atoms with Crippen molar-refractivity contribution in [2.24, 2.45) is 4.99 Å². The number of aromatic nitrogens is 1. The predicted octanol–water partition coefficient (Wildman–Crippen LogP) is 2.18. The van der Waals surface area contributed by atoms with Crippen LogP contribution in [0, 0.1) is 0 Å². The van der Waals surface area contributed by atoms with E-state index in [1.165, 1.54) is 5.56 Å². The van der Waals surface area contributed by atoms with Crippen molar-refractivity contribution in [3.05, 3.63) is 54.4 Å². The van der Waals surface area contributed by atoms with Crippen molar-refractivity contribution < 1.29 is 4.74 Å². The average molecular weight is 358 g/mol. The Labute approximate surface area is 156 Å². The Morgan fingerprint density at radius 3 is 2.50 bits per heavy atom. The third-order valence-corrected chi connectivity index (χ3v) is 3.95. The second kappa shape index (κ2) is 11.2. The Bertz CT molecular complexity index is 635. The molecule has 1 aromatic carbocycles. The number of hydrogen-bond donors (Lipinski definition) is 2. The lowest BCUT2D eigenvalue weighted by Crippen LogP contribution is -2.38. The van der Waals surface area contributed by atoms with E-state index in [1.807, 2.05) is 24.3 Å². The molecule has 0 unspecified atom stereocenters.